The first-order valence-electron chi connectivity index (χ1n) is 6.32. The van der Waals surface area contributed by atoms with Crippen LogP contribution in [0, 0.1) is 5.92 Å². The van der Waals surface area contributed by atoms with Gasteiger partial charge in [-0.1, -0.05) is 31.9 Å². The number of rotatable bonds is 4. The van der Waals surface area contributed by atoms with E-state index in [4.69, 9.17) is 23.2 Å². The molecule has 0 fully saturated rings. The zero-order valence-electron chi connectivity index (χ0n) is 11.0. The summed E-state index contributed by atoms with van der Waals surface area (Å²) in [5.74, 6) is 1.52. The number of nitrogens with zero attached hydrogens (tertiary/aromatic N) is 2. The fourth-order valence-corrected chi connectivity index (χ4v) is 2.38. The van der Waals surface area contributed by atoms with Crippen molar-refractivity contribution >= 4 is 34.2 Å². The minimum Gasteiger partial charge on any atom is -0.326 e. The summed E-state index contributed by atoms with van der Waals surface area (Å²) in [6.45, 7) is 7.32. The number of benzene rings is 1. The summed E-state index contributed by atoms with van der Waals surface area (Å²) in [6, 6.07) is 5.79. The molecule has 0 aliphatic rings. The predicted molar refractivity (Wildman–Crippen MR) is 78.5 cm³/mol. The lowest BCUT2D eigenvalue weighted by atomic mass is 10.1. The van der Waals surface area contributed by atoms with Crippen LogP contribution >= 0.6 is 23.2 Å². The van der Waals surface area contributed by atoms with Crippen molar-refractivity contribution in [2.24, 2.45) is 5.92 Å². The van der Waals surface area contributed by atoms with Gasteiger partial charge in [0.15, 0.2) is 0 Å². The third-order valence-corrected chi connectivity index (χ3v) is 3.72. The van der Waals surface area contributed by atoms with Gasteiger partial charge < -0.3 is 4.57 Å². The molecule has 2 rings (SSSR count). The van der Waals surface area contributed by atoms with Gasteiger partial charge in [0.2, 0.25) is 0 Å². The molecule has 0 amide bonds. The lowest BCUT2D eigenvalue weighted by Crippen LogP contribution is -2.10. The van der Waals surface area contributed by atoms with Crippen molar-refractivity contribution in [1.82, 2.24) is 9.55 Å². The maximum atomic E-state index is 6.23. The van der Waals surface area contributed by atoms with Crippen LogP contribution in [-0.2, 0) is 6.54 Å². The summed E-state index contributed by atoms with van der Waals surface area (Å²) < 4.78 is 2.20. The largest absolute Gasteiger partial charge is 0.326 e. The zero-order chi connectivity index (χ0) is 13.3. The van der Waals surface area contributed by atoms with E-state index in [9.17, 15) is 0 Å². The maximum absolute atomic E-state index is 6.23. The Hall–Kier alpha value is -0.730. The molecule has 0 N–H and O–H groups in total. The standard InChI is InChI=1S/C14H18Cl2N2/c1-4-9(2)8-18-13-7-11(16)5-6-12(13)17-14(18)10(3)15/h5-7,9-10H,4,8H2,1-3H3. The monoisotopic (exact) mass is 284 g/mol. The van der Waals surface area contributed by atoms with Gasteiger partial charge in [0, 0.05) is 11.6 Å². The normalized spacial score (nSPS) is 14.9. The van der Waals surface area contributed by atoms with Gasteiger partial charge in [-0.3, -0.25) is 0 Å². The number of imidazole rings is 1. The highest BCUT2D eigenvalue weighted by molar-refractivity contribution is 6.31. The highest BCUT2D eigenvalue weighted by Crippen LogP contribution is 2.27. The van der Waals surface area contributed by atoms with Crippen molar-refractivity contribution < 1.29 is 0 Å². The molecule has 0 saturated carbocycles. The van der Waals surface area contributed by atoms with Gasteiger partial charge in [-0.15, -0.1) is 11.6 Å². The molecule has 0 aliphatic carbocycles. The molecule has 2 nitrogen and oxygen atoms in total. The van der Waals surface area contributed by atoms with Crippen molar-refractivity contribution in [3.63, 3.8) is 0 Å². The average molecular weight is 285 g/mol. The van der Waals surface area contributed by atoms with Crippen LogP contribution in [0.2, 0.25) is 5.02 Å². The fraction of sp³-hybridized carbons (Fsp3) is 0.500. The molecule has 1 aromatic heterocycles. The molecule has 0 bridgehead atoms. The molecule has 1 heterocycles. The van der Waals surface area contributed by atoms with E-state index < -0.39 is 0 Å². The minimum absolute atomic E-state index is 0.0970. The van der Waals surface area contributed by atoms with Crippen molar-refractivity contribution in [3.05, 3.63) is 29.0 Å². The van der Waals surface area contributed by atoms with Gasteiger partial charge >= 0.3 is 0 Å². The number of hydrogen-bond acceptors (Lipinski definition) is 1. The van der Waals surface area contributed by atoms with Crippen molar-refractivity contribution in [1.29, 1.82) is 0 Å². The second-order valence-corrected chi connectivity index (χ2v) is 5.93. The summed E-state index contributed by atoms with van der Waals surface area (Å²) in [6.07, 6.45) is 1.14. The minimum atomic E-state index is -0.0970. The highest BCUT2D eigenvalue weighted by Gasteiger charge is 2.16. The Kier molecular flexibility index (Phi) is 4.18. The zero-order valence-corrected chi connectivity index (χ0v) is 12.5. The van der Waals surface area contributed by atoms with Gasteiger partial charge in [-0.25, -0.2) is 4.98 Å². The molecule has 0 spiro atoms. The predicted octanol–water partition coefficient (Wildman–Crippen LogP) is 5.04. The Morgan fingerprint density at radius 2 is 2.06 bits per heavy atom. The van der Waals surface area contributed by atoms with Gasteiger partial charge in [0.25, 0.3) is 0 Å². The third-order valence-electron chi connectivity index (χ3n) is 3.29. The molecule has 4 heteroatoms. The number of hydrogen-bond donors (Lipinski definition) is 0. The first-order valence-corrected chi connectivity index (χ1v) is 7.14. The van der Waals surface area contributed by atoms with Crippen LogP contribution < -0.4 is 0 Å². The summed E-state index contributed by atoms with van der Waals surface area (Å²) in [7, 11) is 0. The molecule has 2 aromatic rings. The molecular weight excluding hydrogens is 267 g/mol. The Balaban J connectivity index is 2.57. The average Bonchev–Trinajstić information content (AvgIpc) is 2.67. The maximum Gasteiger partial charge on any atom is 0.127 e. The van der Waals surface area contributed by atoms with E-state index in [2.05, 4.69) is 23.4 Å². The quantitative estimate of drug-likeness (QED) is 0.720. The van der Waals surface area contributed by atoms with Crippen LogP contribution in [0.3, 0.4) is 0 Å². The molecular formula is C14H18Cl2N2. The lowest BCUT2D eigenvalue weighted by molar-refractivity contribution is 0.465. The van der Waals surface area contributed by atoms with Crippen LogP contribution in [0.25, 0.3) is 11.0 Å². The summed E-state index contributed by atoms with van der Waals surface area (Å²) in [5.41, 5.74) is 2.04. The van der Waals surface area contributed by atoms with Crippen molar-refractivity contribution in [3.8, 4) is 0 Å². The third kappa shape index (κ3) is 2.65. The molecule has 18 heavy (non-hydrogen) atoms. The van der Waals surface area contributed by atoms with Crippen LogP contribution in [0.1, 0.15) is 38.4 Å². The first kappa shape index (κ1) is 13.7. The Morgan fingerprint density at radius 3 is 2.67 bits per heavy atom. The lowest BCUT2D eigenvalue weighted by Gasteiger charge is -2.14. The number of halogens is 2. The van der Waals surface area contributed by atoms with Gasteiger partial charge in [-0.05, 0) is 31.0 Å². The van der Waals surface area contributed by atoms with E-state index in [1.807, 2.05) is 25.1 Å². The topological polar surface area (TPSA) is 17.8 Å². The second kappa shape index (κ2) is 5.50. The summed E-state index contributed by atoms with van der Waals surface area (Å²) in [5, 5.41) is 0.641. The van der Waals surface area contributed by atoms with E-state index in [1.54, 1.807) is 0 Å². The van der Waals surface area contributed by atoms with Crippen molar-refractivity contribution in [2.45, 2.75) is 39.1 Å². The molecule has 0 radical (unpaired) electrons. The fourth-order valence-electron chi connectivity index (χ4n) is 2.05. The van der Waals surface area contributed by atoms with Crippen LogP contribution in [-0.4, -0.2) is 9.55 Å². The molecule has 0 saturated heterocycles. The Morgan fingerprint density at radius 1 is 1.33 bits per heavy atom. The van der Waals surface area contributed by atoms with Crippen LogP contribution in [0.15, 0.2) is 18.2 Å². The Bertz CT molecular complexity index is 546. The molecule has 2 unspecified atom stereocenters. The van der Waals surface area contributed by atoms with E-state index in [1.165, 1.54) is 0 Å². The first-order chi connectivity index (χ1) is 8.52. The number of aromatic nitrogens is 2. The molecule has 2 atom stereocenters. The highest BCUT2D eigenvalue weighted by atomic mass is 35.5. The molecule has 1 aromatic carbocycles. The summed E-state index contributed by atoms with van der Waals surface area (Å²) in [4.78, 5) is 4.61. The van der Waals surface area contributed by atoms with Gasteiger partial charge in [0.05, 0.1) is 16.4 Å². The molecule has 0 aliphatic heterocycles. The Labute approximate surface area is 118 Å². The van der Waals surface area contributed by atoms with E-state index in [-0.39, 0.29) is 5.38 Å². The van der Waals surface area contributed by atoms with Crippen LogP contribution in [0.4, 0.5) is 0 Å². The SMILES string of the molecule is CCC(C)Cn1c(C(C)Cl)nc2ccc(Cl)cc21. The van der Waals surface area contributed by atoms with E-state index in [0.29, 0.717) is 5.92 Å². The van der Waals surface area contributed by atoms with Gasteiger partial charge in [0.1, 0.15) is 5.82 Å². The summed E-state index contributed by atoms with van der Waals surface area (Å²) >= 11 is 12.3. The smallest absolute Gasteiger partial charge is 0.127 e. The molecule has 98 valence electrons. The van der Waals surface area contributed by atoms with Gasteiger partial charge in [-0.2, -0.15) is 0 Å². The van der Waals surface area contributed by atoms with E-state index >= 15 is 0 Å². The second-order valence-electron chi connectivity index (χ2n) is 4.84. The number of fused-ring (bicyclic) bond motifs is 1. The van der Waals surface area contributed by atoms with Crippen molar-refractivity contribution in [2.75, 3.05) is 0 Å². The van der Waals surface area contributed by atoms with Crippen LogP contribution in [0.5, 0.6) is 0 Å². The van der Waals surface area contributed by atoms with E-state index in [0.717, 1.165) is 34.8 Å². The number of alkyl halides is 1.